The van der Waals surface area contributed by atoms with E-state index in [1.807, 2.05) is 0 Å². The zero-order valence-corrected chi connectivity index (χ0v) is 8.89. The summed E-state index contributed by atoms with van der Waals surface area (Å²) in [5, 5.41) is 0.668. The molecular formula is C8H9ClN2OS. The van der Waals surface area contributed by atoms with Crippen LogP contribution < -0.4 is 4.74 Å². The topological polar surface area (TPSA) is 25.4 Å². The number of hydrogen-bond donors (Lipinski definition) is 0. The molecule has 1 aromatic rings. The molecule has 0 amide bonds. The Kier molecular flexibility index (Phi) is 3.45. The van der Waals surface area contributed by atoms with Gasteiger partial charge in [0.1, 0.15) is 0 Å². The van der Waals surface area contributed by atoms with E-state index >= 15 is 0 Å². The minimum Gasteiger partial charge on any atom is -0.428 e. The molecule has 13 heavy (non-hydrogen) atoms. The fraction of sp³-hybridized carbons (Fsp3) is 0.250. The molecule has 0 saturated heterocycles. The SMILES string of the molecule is CN(C)C(=S)Oc1cccnc1Cl. The molecule has 0 unspecified atom stereocenters. The molecule has 5 heteroatoms. The van der Waals surface area contributed by atoms with Crippen molar-refractivity contribution in [2.24, 2.45) is 0 Å². The molecule has 0 aromatic carbocycles. The van der Waals surface area contributed by atoms with Crippen molar-refractivity contribution in [3.8, 4) is 5.75 Å². The highest BCUT2D eigenvalue weighted by Gasteiger charge is 2.05. The standard InChI is InChI=1S/C8H9ClN2OS/c1-11(2)8(13)12-6-4-3-5-10-7(6)9/h3-5H,1-2H3. The van der Waals surface area contributed by atoms with Gasteiger partial charge in [-0.1, -0.05) is 11.6 Å². The monoisotopic (exact) mass is 216 g/mol. The van der Waals surface area contributed by atoms with Crippen molar-refractivity contribution in [2.45, 2.75) is 0 Å². The molecule has 1 rings (SSSR count). The molecule has 3 nitrogen and oxygen atoms in total. The Labute approximate surface area is 87.3 Å². The van der Waals surface area contributed by atoms with Crippen LogP contribution in [0, 0.1) is 0 Å². The smallest absolute Gasteiger partial charge is 0.264 e. The van der Waals surface area contributed by atoms with Crippen molar-refractivity contribution in [1.29, 1.82) is 0 Å². The van der Waals surface area contributed by atoms with Gasteiger partial charge in [0, 0.05) is 20.3 Å². The molecule has 0 fully saturated rings. The Balaban J connectivity index is 2.75. The van der Waals surface area contributed by atoms with Crippen LogP contribution >= 0.6 is 23.8 Å². The normalized spacial score (nSPS) is 9.46. The molecule has 0 aliphatic carbocycles. The van der Waals surface area contributed by atoms with Gasteiger partial charge < -0.3 is 9.64 Å². The fourth-order valence-electron chi connectivity index (χ4n) is 0.633. The van der Waals surface area contributed by atoms with Gasteiger partial charge in [0.15, 0.2) is 10.9 Å². The van der Waals surface area contributed by atoms with Gasteiger partial charge in [-0.25, -0.2) is 4.98 Å². The molecule has 0 aliphatic rings. The second kappa shape index (κ2) is 4.39. The van der Waals surface area contributed by atoms with Crippen LogP contribution in [0.4, 0.5) is 0 Å². The molecular weight excluding hydrogens is 208 g/mol. The van der Waals surface area contributed by atoms with Crippen LogP contribution in [0.5, 0.6) is 5.75 Å². The number of nitrogens with zero attached hydrogens (tertiary/aromatic N) is 2. The van der Waals surface area contributed by atoms with E-state index < -0.39 is 0 Å². The maximum absolute atomic E-state index is 5.76. The van der Waals surface area contributed by atoms with Crippen LogP contribution in [-0.4, -0.2) is 29.2 Å². The van der Waals surface area contributed by atoms with Gasteiger partial charge in [-0.15, -0.1) is 0 Å². The average Bonchev–Trinajstić information content (AvgIpc) is 2.08. The minimum absolute atomic E-state index is 0.312. The highest BCUT2D eigenvalue weighted by Crippen LogP contribution is 2.20. The predicted molar refractivity (Wildman–Crippen MR) is 56.2 cm³/mol. The first-order valence-electron chi connectivity index (χ1n) is 3.61. The number of hydrogen-bond acceptors (Lipinski definition) is 3. The van der Waals surface area contributed by atoms with Crippen molar-refractivity contribution in [3.63, 3.8) is 0 Å². The molecule has 0 aliphatic heterocycles. The first kappa shape index (κ1) is 10.2. The summed E-state index contributed by atoms with van der Waals surface area (Å²) in [7, 11) is 3.60. The summed E-state index contributed by atoms with van der Waals surface area (Å²) in [4.78, 5) is 5.53. The highest BCUT2D eigenvalue weighted by atomic mass is 35.5. The van der Waals surface area contributed by atoms with E-state index in [0.29, 0.717) is 16.1 Å². The Morgan fingerprint density at radius 1 is 1.62 bits per heavy atom. The quantitative estimate of drug-likeness (QED) is 0.530. The van der Waals surface area contributed by atoms with E-state index in [0.717, 1.165) is 0 Å². The lowest BCUT2D eigenvalue weighted by Gasteiger charge is -2.14. The Hall–Kier alpha value is -0.870. The third kappa shape index (κ3) is 2.82. The third-order valence-corrected chi connectivity index (χ3v) is 2.02. The number of thiocarbonyl (C=S) groups is 1. The summed E-state index contributed by atoms with van der Waals surface area (Å²) in [6.45, 7) is 0. The number of rotatable bonds is 1. The highest BCUT2D eigenvalue weighted by molar-refractivity contribution is 7.80. The van der Waals surface area contributed by atoms with Gasteiger partial charge in [-0.05, 0) is 24.4 Å². The zero-order valence-electron chi connectivity index (χ0n) is 7.32. The molecule has 0 N–H and O–H groups in total. The molecule has 1 aromatic heterocycles. The first-order valence-corrected chi connectivity index (χ1v) is 4.39. The van der Waals surface area contributed by atoms with E-state index in [1.165, 1.54) is 0 Å². The molecule has 0 spiro atoms. The first-order chi connectivity index (χ1) is 6.11. The molecule has 0 atom stereocenters. The summed E-state index contributed by atoms with van der Waals surface area (Å²) in [5.74, 6) is 0.475. The van der Waals surface area contributed by atoms with E-state index in [2.05, 4.69) is 4.98 Å². The lowest BCUT2D eigenvalue weighted by atomic mass is 10.5. The van der Waals surface area contributed by atoms with Crippen molar-refractivity contribution in [1.82, 2.24) is 9.88 Å². The van der Waals surface area contributed by atoms with Gasteiger partial charge in [0.25, 0.3) is 5.17 Å². The zero-order chi connectivity index (χ0) is 9.84. The van der Waals surface area contributed by atoms with Gasteiger partial charge >= 0.3 is 0 Å². The molecule has 1 heterocycles. The predicted octanol–water partition coefficient (Wildman–Crippen LogP) is 1.96. The summed E-state index contributed by atoms with van der Waals surface area (Å²) < 4.78 is 5.27. The maximum atomic E-state index is 5.76. The Morgan fingerprint density at radius 2 is 2.31 bits per heavy atom. The van der Waals surface area contributed by atoms with Crippen LogP contribution in [-0.2, 0) is 0 Å². The largest absolute Gasteiger partial charge is 0.428 e. The van der Waals surface area contributed by atoms with Crippen molar-refractivity contribution in [2.75, 3.05) is 14.1 Å². The van der Waals surface area contributed by atoms with Gasteiger partial charge in [-0.3, -0.25) is 0 Å². The van der Waals surface area contributed by atoms with Crippen LogP contribution in [0.1, 0.15) is 0 Å². The lowest BCUT2D eigenvalue weighted by molar-refractivity contribution is 0.448. The van der Waals surface area contributed by atoms with E-state index in [-0.39, 0.29) is 0 Å². The van der Waals surface area contributed by atoms with Gasteiger partial charge in [0.2, 0.25) is 0 Å². The summed E-state index contributed by atoms with van der Waals surface area (Å²) in [5.41, 5.74) is 0. The second-order valence-corrected chi connectivity index (χ2v) is 3.26. The Bertz CT molecular complexity index is 317. The lowest BCUT2D eigenvalue weighted by Crippen LogP contribution is -2.25. The van der Waals surface area contributed by atoms with Crippen LogP contribution in [0.3, 0.4) is 0 Å². The number of aromatic nitrogens is 1. The molecule has 0 saturated carbocycles. The van der Waals surface area contributed by atoms with Crippen LogP contribution in [0.15, 0.2) is 18.3 Å². The Morgan fingerprint density at radius 3 is 2.85 bits per heavy atom. The molecule has 70 valence electrons. The summed E-state index contributed by atoms with van der Waals surface area (Å²) in [6.07, 6.45) is 1.59. The molecule has 0 radical (unpaired) electrons. The minimum atomic E-state index is 0.312. The van der Waals surface area contributed by atoms with Crippen molar-refractivity contribution >= 4 is 29.0 Å². The third-order valence-electron chi connectivity index (χ3n) is 1.29. The number of halogens is 1. The van der Waals surface area contributed by atoms with E-state index in [1.54, 1.807) is 37.3 Å². The summed E-state index contributed by atoms with van der Waals surface area (Å²) in [6, 6.07) is 3.45. The van der Waals surface area contributed by atoms with E-state index in [4.69, 9.17) is 28.6 Å². The summed E-state index contributed by atoms with van der Waals surface area (Å²) >= 11 is 10.7. The number of ether oxygens (including phenoxy) is 1. The van der Waals surface area contributed by atoms with Gasteiger partial charge in [-0.2, -0.15) is 0 Å². The van der Waals surface area contributed by atoms with E-state index in [9.17, 15) is 0 Å². The van der Waals surface area contributed by atoms with Crippen LogP contribution in [0.2, 0.25) is 5.15 Å². The van der Waals surface area contributed by atoms with Crippen molar-refractivity contribution in [3.05, 3.63) is 23.5 Å². The maximum Gasteiger partial charge on any atom is 0.264 e. The van der Waals surface area contributed by atoms with Crippen molar-refractivity contribution < 1.29 is 4.74 Å². The fourth-order valence-corrected chi connectivity index (χ4v) is 0.880. The second-order valence-electron chi connectivity index (χ2n) is 2.55. The number of pyridine rings is 1. The molecule has 0 bridgehead atoms. The van der Waals surface area contributed by atoms with Gasteiger partial charge in [0.05, 0.1) is 0 Å². The van der Waals surface area contributed by atoms with Crippen LogP contribution in [0.25, 0.3) is 0 Å². The average molecular weight is 217 g/mol.